The van der Waals surface area contributed by atoms with Crippen molar-refractivity contribution in [1.29, 1.82) is 5.26 Å². The minimum absolute atomic E-state index is 0.401. The molecule has 0 spiro atoms. The summed E-state index contributed by atoms with van der Waals surface area (Å²) in [5, 5.41) is 17.0. The smallest absolute Gasteiger partial charge is 0.185 e. The quantitative estimate of drug-likeness (QED) is 0.775. The highest BCUT2D eigenvalue weighted by atomic mass is 16.5. The number of hydrogen-bond donors (Lipinski definition) is 0. The van der Waals surface area contributed by atoms with Gasteiger partial charge in [-0.3, -0.25) is 0 Å². The Morgan fingerprint density at radius 1 is 1.30 bits per heavy atom. The fourth-order valence-corrected chi connectivity index (χ4v) is 1.94. The van der Waals surface area contributed by atoms with E-state index in [4.69, 9.17) is 10.00 Å². The number of aromatic nitrogens is 3. The first-order valence-electron chi connectivity index (χ1n) is 6.85. The monoisotopic (exact) mass is 270 g/mol. The molecule has 104 valence electrons. The summed E-state index contributed by atoms with van der Waals surface area (Å²) in [5.41, 5.74) is 1.26. The van der Waals surface area contributed by atoms with Crippen LogP contribution in [0.25, 0.3) is 0 Å². The Morgan fingerprint density at radius 2 is 2.10 bits per heavy atom. The summed E-state index contributed by atoms with van der Waals surface area (Å²) in [6.45, 7) is 3.43. The van der Waals surface area contributed by atoms with Crippen LogP contribution in [-0.2, 0) is 13.0 Å². The number of rotatable bonds is 7. The Bertz CT molecular complexity index is 571. The number of benzene rings is 1. The Balaban J connectivity index is 1.97. The Labute approximate surface area is 118 Å². The first-order valence-corrected chi connectivity index (χ1v) is 6.85. The van der Waals surface area contributed by atoms with Crippen LogP contribution >= 0.6 is 0 Å². The molecular weight excluding hydrogens is 252 g/mol. The molecule has 1 aromatic carbocycles. The maximum atomic E-state index is 9.07. The number of para-hydroxylation sites is 1. The molecule has 2 aromatic rings. The number of unbranched alkanes of at least 4 members (excludes halogenated alkanes) is 1. The number of nitriles is 1. The van der Waals surface area contributed by atoms with Gasteiger partial charge in [-0.15, -0.1) is 5.10 Å². The summed E-state index contributed by atoms with van der Waals surface area (Å²) in [6.07, 6.45) is 2.75. The molecule has 0 aliphatic heterocycles. The van der Waals surface area contributed by atoms with Gasteiger partial charge in [0.15, 0.2) is 5.69 Å². The van der Waals surface area contributed by atoms with E-state index in [0.717, 1.165) is 30.8 Å². The average Bonchev–Trinajstić information content (AvgIpc) is 2.88. The fourth-order valence-electron chi connectivity index (χ4n) is 1.94. The lowest BCUT2D eigenvalue weighted by atomic mass is 10.2. The van der Waals surface area contributed by atoms with Gasteiger partial charge >= 0.3 is 0 Å². The van der Waals surface area contributed by atoms with Crippen molar-refractivity contribution in [2.45, 2.75) is 32.7 Å². The highest BCUT2D eigenvalue weighted by Gasteiger charge is 2.12. The van der Waals surface area contributed by atoms with Crippen molar-refractivity contribution < 1.29 is 4.74 Å². The molecule has 5 heteroatoms. The zero-order valence-corrected chi connectivity index (χ0v) is 11.6. The van der Waals surface area contributed by atoms with Crippen LogP contribution < -0.4 is 4.74 Å². The van der Waals surface area contributed by atoms with E-state index in [1.54, 1.807) is 0 Å². The molecule has 0 radical (unpaired) electrons. The maximum Gasteiger partial charge on any atom is 0.185 e. The predicted molar refractivity (Wildman–Crippen MR) is 75.3 cm³/mol. The normalized spacial score (nSPS) is 10.2. The lowest BCUT2D eigenvalue weighted by molar-refractivity contribution is 0.317. The number of aryl methyl sites for hydroxylation is 1. The zero-order chi connectivity index (χ0) is 14.2. The van der Waals surface area contributed by atoms with Gasteiger partial charge in [-0.1, -0.05) is 36.8 Å². The molecule has 0 aliphatic rings. The summed E-state index contributed by atoms with van der Waals surface area (Å²) in [5.74, 6) is 0.832. The van der Waals surface area contributed by atoms with Crippen LogP contribution in [0.4, 0.5) is 0 Å². The molecule has 20 heavy (non-hydrogen) atoms. The van der Waals surface area contributed by atoms with Crippen LogP contribution in [0, 0.1) is 11.3 Å². The summed E-state index contributed by atoms with van der Waals surface area (Å²) in [4.78, 5) is 0. The van der Waals surface area contributed by atoms with Gasteiger partial charge in [-0.2, -0.15) is 5.26 Å². The fraction of sp³-hybridized carbons (Fsp3) is 0.400. The molecule has 0 atom stereocenters. The second-order valence-electron chi connectivity index (χ2n) is 4.48. The highest BCUT2D eigenvalue weighted by Crippen LogP contribution is 2.11. The molecule has 1 aromatic heterocycles. The predicted octanol–water partition coefficient (Wildman–Crippen LogP) is 2.57. The Hall–Kier alpha value is -2.35. The maximum absolute atomic E-state index is 9.07. The van der Waals surface area contributed by atoms with E-state index >= 15 is 0 Å². The minimum Gasteiger partial charge on any atom is -0.493 e. The van der Waals surface area contributed by atoms with E-state index in [9.17, 15) is 0 Å². The molecule has 0 unspecified atom stereocenters. The van der Waals surface area contributed by atoms with Crippen LogP contribution in [0.3, 0.4) is 0 Å². The second-order valence-corrected chi connectivity index (χ2v) is 4.48. The molecule has 0 amide bonds. The van der Waals surface area contributed by atoms with Crippen LogP contribution in [0.1, 0.15) is 31.2 Å². The second kappa shape index (κ2) is 7.29. The number of hydrogen-bond acceptors (Lipinski definition) is 4. The van der Waals surface area contributed by atoms with E-state index in [2.05, 4.69) is 23.3 Å². The third kappa shape index (κ3) is 3.58. The van der Waals surface area contributed by atoms with E-state index in [0.29, 0.717) is 18.7 Å². The van der Waals surface area contributed by atoms with E-state index < -0.39 is 0 Å². The van der Waals surface area contributed by atoms with Crippen molar-refractivity contribution in [2.75, 3.05) is 6.61 Å². The standard InChI is InChI=1S/C15H18N4O/c1-2-3-10-19-15(14(12-16)17-18-19)9-11-20-13-7-5-4-6-8-13/h4-8H,2-3,9-11H2,1H3. The van der Waals surface area contributed by atoms with Gasteiger partial charge in [0.05, 0.1) is 12.3 Å². The van der Waals surface area contributed by atoms with Crippen molar-refractivity contribution >= 4 is 0 Å². The molecule has 0 aliphatic carbocycles. The average molecular weight is 270 g/mol. The number of nitrogens with zero attached hydrogens (tertiary/aromatic N) is 4. The Morgan fingerprint density at radius 3 is 2.80 bits per heavy atom. The van der Waals surface area contributed by atoms with E-state index in [1.807, 2.05) is 35.0 Å². The van der Waals surface area contributed by atoms with Gasteiger partial charge in [-0.05, 0) is 18.6 Å². The molecular formula is C15H18N4O. The molecule has 0 bridgehead atoms. The van der Waals surface area contributed by atoms with Gasteiger partial charge in [0.1, 0.15) is 11.8 Å². The van der Waals surface area contributed by atoms with Crippen LogP contribution in [0.2, 0.25) is 0 Å². The molecule has 0 saturated heterocycles. The van der Waals surface area contributed by atoms with E-state index in [-0.39, 0.29) is 0 Å². The van der Waals surface area contributed by atoms with Crippen molar-refractivity contribution in [3.63, 3.8) is 0 Å². The molecule has 5 nitrogen and oxygen atoms in total. The largest absolute Gasteiger partial charge is 0.493 e. The van der Waals surface area contributed by atoms with Crippen LogP contribution in [-0.4, -0.2) is 21.6 Å². The van der Waals surface area contributed by atoms with Crippen molar-refractivity contribution in [2.24, 2.45) is 0 Å². The summed E-state index contributed by atoms with van der Waals surface area (Å²) in [6, 6.07) is 11.7. The molecule has 0 N–H and O–H groups in total. The lowest BCUT2D eigenvalue weighted by Crippen LogP contribution is -2.10. The first kappa shape index (κ1) is 14.1. The summed E-state index contributed by atoms with van der Waals surface area (Å²) >= 11 is 0. The Kier molecular flexibility index (Phi) is 5.13. The van der Waals surface area contributed by atoms with Gasteiger partial charge in [-0.25, -0.2) is 4.68 Å². The molecule has 0 fully saturated rings. The third-order valence-electron chi connectivity index (χ3n) is 3.02. The van der Waals surface area contributed by atoms with Crippen LogP contribution in [0.5, 0.6) is 5.75 Å². The van der Waals surface area contributed by atoms with E-state index in [1.165, 1.54) is 0 Å². The van der Waals surface area contributed by atoms with Crippen molar-refractivity contribution in [3.8, 4) is 11.8 Å². The van der Waals surface area contributed by atoms with Crippen molar-refractivity contribution in [1.82, 2.24) is 15.0 Å². The summed E-state index contributed by atoms with van der Waals surface area (Å²) in [7, 11) is 0. The zero-order valence-electron chi connectivity index (χ0n) is 11.6. The number of ether oxygens (including phenoxy) is 1. The van der Waals surface area contributed by atoms with Gasteiger partial charge < -0.3 is 4.74 Å². The molecule has 0 saturated carbocycles. The highest BCUT2D eigenvalue weighted by molar-refractivity contribution is 5.25. The molecule has 1 heterocycles. The van der Waals surface area contributed by atoms with Crippen molar-refractivity contribution in [3.05, 3.63) is 41.7 Å². The third-order valence-corrected chi connectivity index (χ3v) is 3.02. The molecule has 2 rings (SSSR count). The minimum atomic E-state index is 0.401. The SMILES string of the molecule is CCCCn1nnc(C#N)c1CCOc1ccccc1. The summed E-state index contributed by atoms with van der Waals surface area (Å²) < 4.78 is 7.48. The first-order chi connectivity index (χ1) is 9.85. The van der Waals surface area contributed by atoms with Crippen LogP contribution in [0.15, 0.2) is 30.3 Å². The van der Waals surface area contributed by atoms with Gasteiger partial charge in [0, 0.05) is 13.0 Å². The van der Waals surface area contributed by atoms with Gasteiger partial charge in [0.2, 0.25) is 0 Å². The topological polar surface area (TPSA) is 63.7 Å². The lowest BCUT2D eigenvalue weighted by Gasteiger charge is -2.08. The van der Waals surface area contributed by atoms with Gasteiger partial charge in [0.25, 0.3) is 0 Å².